The molecule has 2 aliphatic carbocycles. The van der Waals surface area contributed by atoms with E-state index in [0.29, 0.717) is 5.92 Å². The van der Waals surface area contributed by atoms with Gasteiger partial charge in [-0.15, -0.1) is 0 Å². The zero-order valence-electron chi connectivity index (χ0n) is 11.6. The molecular formula is C18H24O. The summed E-state index contributed by atoms with van der Waals surface area (Å²) in [7, 11) is 0. The van der Waals surface area contributed by atoms with Gasteiger partial charge in [0.05, 0.1) is 6.10 Å². The predicted octanol–water partition coefficient (Wildman–Crippen LogP) is 4.36. The van der Waals surface area contributed by atoms with Crippen molar-refractivity contribution in [3.8, 4) is 0 Å². The molecule has 0 saturated carbocycles. The third kappa shape index (κ3) is 3.09. The Kier molecular flexibility index (Phi) is 4.03. The first-order valence-corrected chi connectivity index (χ1v) is 7.78. The van der Waals surface area contributed by atoms with Crippen molar-refractivity contribution in [1.82, 2.24) is 0 Å². The van der Waals surface area contributed by atoms with E-state index >= 15 is 0 Å². The summed E-state index contributed by atoms with van der Waals surface area (Å²) >= 11 is 0. The molecule has 1 heteroatoms. The first kappa shape index (κ1) is 12.9. The lowest BCUT2D eigenvalue weighted by Crippen LogP contribution is -2.11. The fourth-order valence-corrected chi connectivity index (χ4v) is 3.70. The van der Waals surface area contributed by atoms with E-state index < -0.39 is 0 Å². The van der Waals surface area contributed by atoms with E-state index in [1.165, 1.54) is 44.1 Å². The van der Waals surface area contributed by atoms with Gasteiger partial charge in [-0.1, -0.05) is 42.3 Å². The zero-order valence-corrected chi connectivity index (χ0v) is 11.6. The van der Waals surface area contributed by atoms with Crippen LogP contribution >= 0.6 is 0 Å². The molecule has 0 spiro atoms. The Hall–Kier alpha value is -1.08. The standard InChI is InChI=1S/C18H24O/c19-17-10-3-1-6-14(13-17)12-16-9-5-8-15-7-2-4-11-18(15)16/h2,4,7,11,13,16-17,19H,1,3,5-6,8-10,12H2. The van der Waals surface area contributed by atoms with Crippen LogP contribution in [0.3, 0.4) is 0 Å². The molecule has 3 rings (SSSR count). The van der Waals surface area contributed by atoms with Crippen LogP contribution < -0.4 is 0 Å². The Morgan fingerprint density at radius 3 is 2.84 bits per heavy atom. The topological polar surface area (TPSA) is 20.2 Å². The van der Waals surface area contributed by atoms with Crippen molar-refractivity contribution in [3.05, 3.63) is 47.0 Å². The smallest absolute Gasteiger partial charge is 0.0723 e. The first-order valence-electron chi connectivity index (χ1n) is 7.78. The van der Waals surface area contributed by atoms with E-state index in [0.717, 1.165) is 12.8 Å². The molecule has 0 fully saturated rings. The Balaban J connectivity index is 1.77. The molecule has 2 atom stereocenters. The minimum Gasteiger partial charge on any atom is -0.389 e. The molecule has 0 radical (unpaired) electrons. The Labute approximate surface area is 116 Å². The van der Waals surface area contributed by atoms with Gasteiger partial charge in [0.15, 0.2) is 0 Å². The van der Waals surface area contributed by atoms with Gasteiger partial charge in [0.25, 0.3) is 0 Å². The molecule has 0 saturated heterocycles. The molecule has 0 bridgehead atoms. The molecule has 2 unspecified atom stereocenters. The second-order valence-corrected chi connectivity index (χ2v) is 6.13. The molecule has 0 heterocycles. The van der Waals surface area contributed by atoms with Gasteiger partial charge in [-0.05, 0) is 62.0 Å². The van der Waals surface area contributed by atoms with Gasteiger partial charge in [-0.3, -0.25) is 0 Å². The molecule has 1 aromatic carbocycles. The lowest BCUT2D eigenvalue weighted by atomic mass is 9.79. The van der Waals surface area contributed by atoms with Crippen LogP contribution in [-0.4, -0.2) is 11.2 Å². The number of aryl methyl sites for hydroxylation is 1. The molecule has 1 N–H and O–H groups in total. The summed E-state index contributed by atoms with van der Waals surface area (Å²) in [6, 6.07) is 8.94. The monoisotopic (exact) mass is 256 g/mol. The van der Waals surface area contributed by atoms with Crippen molar-refractivity contribution in [2.75, 3.05) is 0 Å². The number of benzene rings is 1. The van der Waals surface area contributed by atoms with Gasteiger partial charge in [0, 0.05) is 0 Å². The number of fused-ring (bicyclic) bond motifs is 1. The van der Waals surface area contributed by atoms with Gasteiger partial charge in [-0.2, -0.15) is 0 Å². The Morgan fingerprint density at radius 1 is 1.00 bits per heavy atom. The molecule has 1 aromatic rings. The maximum atomic E-state index is 9.91. The van der Waals surface area contributed by atoms with E-state index in [4.69, 9.17) is 0 Å². The van der Waals surface area contributed by atoms with Crippen LogP contribution in [0.4, 0.5) is 0 Å². The first-order chi connectivity index (χ1) is 9.33. The summed E-state index contributed by atoms with van der Waals surface area (Å²) in [6.07, 6.45) is 11.5. The highest BCUT2D eigenvalue weighted by molar-refractivity contribution is 5.33. The van der Waals surface area contributed by atoms with Crippen LogP contribution in [0.2, 0.25) is 0 Å². The molecular weight excluding hydrogens is 232 g/mol. The molecule has 102 valence electrons. The van der Waals surface area contributed by atoms with Crippen molar-refractivity contribution in [2.45, 2.75) is 63.4 Å². The van der Waals surface area contributed by atoms with Crippen LogP contribution in [0.15, 0.2) is 35.9 Å². The van der Waals surface area contributed by atoms with Crippen molar-refractivity contribution in [3.63, 3.8) is 0 Å². The maximum Gasteiger partial charge on any atom is 0.0723 e. The average Bonchev–Trinajstić information content (AvgIpc) is 2.63. The minimum absolute atomic E-state index is 0.198. The molecule has 2 aliphatic rings. The third-order valence-corrected chi connectivity index (χ3v) is 4.68. The highest BCUT2D eigenvalue weighted by atomic mass is 16.3. The van der Waals surface area contributed by atoms with Crippen LogP contribution in [-0.2, 0) is 6.42 Å². The summed E-state index contributed by atoms with van der Waals surface area (Å²) in [5, 5.41) is 9.91. The summed E-state index contributed by atoms with van der Waals surface area (Å²) < 4.78 is 0. The second-order valence-electron chi connectivity index (χ2n) is 6.13. The van der Waals surface area contributed by atoms with Crippen molar-refractivity contribution in [1.29, 1.82) is 0 Å². The van der Waals surface area contributed by atoms with Gasteiger partial charge < -0.3 is 5.11 Å². The largest absolute Gasteiger partial charge is 0.389 e. The lowest BCUT2D eigenvalue weighted by molar-refractivity contribution is 0.210. The highest BCUT2D eigenvalue weighted by Crippen LogP contribution is 2.37. The van der Waals surface area contributed by atoms with Crippen LogP contribution in [0, 0.1) is 0 Å². The molecule has 19 heavy (non-hydrogen) atoms. The van der Waals surface area contributed by atoms with Crippen molar-refractivity contribution < 1.29 is 5.11 Å². The number of aliphatic hydroxyl groups excluding tert-OH is 1. The Bertz CT molecular complexity index is 461. The SMILES string of the molecule is OC1C=C(CC2CCCc3ccccc32)CCCC1. The quantitative estimate of drug-likeness (QED) is 0.780. The fourth-order valence-electron chi connectivity index (χ4n) is 3.70. The van der Waals surface area contributed by atoms with Gasteiger partial charge in [-0.25, -0.2) is 0 Å². The van der Waals surface area contributed by atoms with Gasteiger partial charge in [0.2, 0.25) is 0 Å². The van der Waals surface area contributed by atoms with Crippen molar-refractivity contribution >= 4 is 0 Å². The summed E-state index contributed by atoms with van der Waals surface area (Å²) in [5.41, 5.74) is 4.61. The zero-order chi connectivity index (χ0) is 13.1. The van der Waals surface area contributed by atoms with Crippen molar-refractivity contribution in [2.24, 2.45) is 0 Å². The minimum atomic E-state index is -0.198. The Morgan fingerprint density at radius 2 is 1.89 bits per heavy atom. The number of aliphatic hydroxyl groups is 1. The third-order valence-electron chi connectivity index (χ3n) is 4.68. The van der Waals surface area contributed by atoms with Crippen LogP contribution in [0.5, 0.6) is 0 Å². The molecule has 1 nitrogen and oxygen atoms in total. The summed E-state index contributed by atoms with van der Waals surface area (Å²) in [5.74, 6) is 0.682. The van der Waals surface area contributed by atoms with E-state index in [2.05, 4.69) is 30.3 Å². The van der Waals surface area contributed by atoms with E-state index in [9.17, 15) is 5.11 Å². The van der Waals surface area contributed by atoms with Crippen LogP contribution in [0.25, 0.3) is 0 Å². The molecule has 0 aliphatic heterocycles. The van der Waals surface area contributed by atoms with E-state index in [1.54, 1.807) is 11.1 Å². The van der Waals surface area contributed by atoms with Gasteiger partial charge >= 0.3 is 0 Å². The lowest BCUT2D eigenvalue weighted by Gasteiger charge is -2.26. The van der Waals surface area contributed by atoms with E-state index in [1.807, 2.05) is 0 Å². The van der Waals surface area contributed by atoms with Gasteiger partial charge in [0.1, 0.15) is 0 Å². The summed E-state index contributed by atoms with van der Waals surface area (Å²) in [4.78, 5) is 0. The normalized spacial score (nSPS) is 27.3. The number of allylic oxidation sites excluding steroid dienone is 1. The van der Waals surface area contributed by atoms with Crippen LogP contribution in [0.1, 0.15) is 62.0 Å². The number of rotatable bonds is 2. The fraction of sp³-hybridized carbons (Fsp3) is 0.556. The average molecular weight is 256 g/mol. The molecule has 0 aromatic heterocycles. The molecule has 0 amide bonds. The predicted molar refractivity (Wildman–Crippen MR) is 79.3 cm³/mol. The number of hydrogen-bond acceptors (Lipinski definition) is 1. The number of hydrogen-bond donors (Lipinski definition) is 1. The second kappa shape index (κ2) is 5.92. The maximum absolute atomic E-state index is 9.91. The summed E-state index contributed by atoms with van der Waals surface area (Å²) in [6.45, 7) is 0. The highest BCUT2D eigenvalue weighted by Gasteiger charge is 2.21. The van der Waals surface area contributed by atoms with E-state index in [-0.39, 0.29) is 6.10 Å².